The first-order valence-corrected chi connectivity index (χ1v) is 8.45. The van der Waals surface area contributed by atoms with Crippen LogP contribution in [0.3, 0.4) is 0 Å². The van der Waals surface area contributed by atoms with Gasteiger partial charge in [-0.1, -0.05) is 0 Å². The molecule has 1 atom stereocenters. The number of aromatic nitrogens is 3. The monoisotopic (exact) mass is 333 g/mol. The zero-order chi connectivity index (χ0) is 16.4. The summed E-state index contributed by atoms with van der Waals surface area (Å²) >= 11 is 1.51. The quantitative estimate of drug-likeness (QED) is 0.892. The maximum Gasteiger partial charge on any atom is 0.254 e. The first-order valence-electron chi connectivity index (χ1n) is 7.63. The summed E-state index contributed by atoms with van der Waals surface area (Å²) in [5, 5.41) is 10.2. The van der Waals surface area contributed by atoms with Gasteiger partial charge in [-0.2, -0.15) is 5.10 Å². The third-order valence-electron chi connectivity index (χ3n) is 4.08. The number of hydrogen-bond donors (Lipinski definition) is 2. The van der Waals surface area contributed by atoms with Crippen LogP contribution in [0.15, 0.2) is 12.7 Å². The lowest BCUT2D eigenvalue weighted by molar-refractivity contribution is -0.119. The van der Waals surface area contributed by atoms with Crippen LogP contribution >= 0.6 is 11.3 Å². The first-order chi connectivity index (χ1) is 11.1. The number of nitrogens with zero attached hydrogens (tertiary/aromatic N) is 3. The van der Waals surface area contributed by atoms with E-state index in [0.717, 1.165) is 31.2 Å². The van der Waals surface area contributed by atoms with E-state index in [4.69, 9.17) is 0 Å². The van der Waals surface area contributed by atoms with Crippen molar-refractivity contribution in [2.75, 3.05) is 12.4 Å². The molecule has 8 heteroatoms. The Morgan fingerprint density at radius 3 is 2.83 bits per heavy atom. The van der Waals surface area contributed by atoms with Crippen molar-refractivity contribution in [3.8, 4) is 0 Å². The van der Waals surface area contributed by atoms with E-state index < -0.39 is 6.04 Å². The normalized spacial score (nSPS) is 14.9. The maximum absolute atomic E-state index is 12.5. The molecule has 0 aliphatic heterocycles. The smallest absolute Gasteiger partial charge is 0.254 e. The van der Waals surface area contributed by atoms with Crippen LogP contribution in [-0.2, 0) is 17.6 Å². The van der Waals surface area contributed by atoms with Crippen molar-refractivity contribution >= 4 is 28.2 Å². The molecule has 23 heavy (non-hydrogen) atoms. The van der Waals surface area contributed by atoms with Crippen molar-refractivity contribution in [2.24, 2.45) is 0 Å². The Bertz CT molecular complexity index is 723. The van der Waals surface area contributed by atoms with Crippen LogP contribution < -0.4 is 10.6 Å². The Kier molecular flexibility index (Phi) is 4.42. The third-order valence-corrected chi connectivity index (χ3v) is 5.28. The molecule has 0 saturated heterocycles. The molecular weight excluding hydrogens is 314 g/mol. The molecule has 2 aromatic heterocycles. The van der Waals surface area contributed by atoms with E-state index in [1.54, 1.807) is 14.0 Å². The highest BCUT2D eigenvalue weighted by atomic mass is 32.1. The highest BCUT2D eigenvalue weighted by Gasteiger charge is 2.27. The van der Waals surface area contributed by atoms with Gasteiger partial charge in [0.05, 0.1) is 5.56 Å². The summed E-state index contributed by atoms with van der Waals surface area (Å²) in [6, 6.07) is -0.492. The fraction of sp³-hybridized carbons (Fsp3) is 0.467. The fourth-order valence-corrected chi connectivity index (χ4v) is 4.06. The van der Waals surface area contributed by atoms with E-state index in [9.17, 15) is 9.59 Å². The number of rotatable bonds is 4. The van der Waals surface area contributed by atoms with Gasteiger partial charge in [0.2, 0.25) is 5.91 Å². The number of hydrogen-bond acceptors (Lipinski definition) is 5. The second-order valence-electron chi connectivity index (χ2n) is 5.53. The standard InChI is InChI=1S/C15H19N5O2S/c1-9(20-8-17-7-18-20)13(21)19-15-12(14(22)16-2)10-5-3-4-6-11(10)23-15/h7-9H,3-6H2,1-2H3,(H,16,22)(H,19,21). The van der Waals surface area contributed by atoms with Gasteiger partial charge in [0.25, 0.3) is 5.91 Å². The second-order valence-corrected chi connectivity index (χ2v) is 6.64. The van der Waals surface area contributed by atoms with Gasteiger partial charge in [0.1, 0.15) is 23.7 Å². The summed E-state index contributed by atoms with van der Waals surface area (Å²) < 4.78 is 1.49. The van der Waals surface area contributed by atoms with Gasteiger partial charge in [0.15, 0.2) is 0 Å². The number of carbonyl (C=O) groups excluding carboxylic acids is 2. The minimum absolute atomic E-state index is 0.145. The molecule has 2 heterocycles. The Hall–Kier alpha value is -2.22. The van der Waals surface area contributed by atoms with Crippen LogP contribution in [0.2, 0.25) is 0 Å². The molecule has 1 aliphatic rings. The van der Waals surface area contributed by atoms with E-state index in [-0.39, 0.29) is 11.8 Å². The Labute approximate surface area is 138 Å². The number of thiophene rings is 1. The van der Waals surface area contributed by atoms with Crippen LogP contribution in [0.1, 0.15) is 46.6 Å². The largest absolute Gasteiger partial charge is 0.355 e. The van der Waals surface area contributed by atoms with Crippen molar-refractivity contribution in [1.82, 2.24) is 20.1 Å². The van der Waals surface area contributed by atoms with Crippen molar-refractivity contribution < 1.29 is 9.59 Å². The van der Waals surface area contributed by atoms with E-state index in [0.29, 0.717) is 10.6 Å². The molecule has 3 rings (SSSR count). The highest BCUT2D eigenvalue weighted by molar-refractivity contribution is 7.17. The topological polar surface area (TPSA) is 88.9 Å². The molecule has 1 unspecified atom stereocenters. The molecule has 0 fully saturated rings. The Balaban J connectivity index is 1.88. The van der Waals surface area contributed by atoms with Crippen LogP contribution in [0.4, 0.5) is 5.00 Å². The molecule has 0 bridgehead atoms. The molecule has 2 N–H and O–H groups in total. The SMILES string of the molecule is CNC(=O)c1c(NC(=O)C(C)n2cncn2)sc2c1CCCC2. The lowest BCUT2D eigenvalue weighted by atomic mass is 9.95. The third kappa shape index (κ3) is 2.98. The summed E-state index contributed by atoms with van der Waals surface area (Å²) in [7, 11) is 1.61. The minimum Gasteiger partial charge on any atom is -0.355 e. The average Bonchev–Trinajstić information content (AvgIpc) is 3.20. The zero-order valence-electron chi connectivity index (χ0n) is 13.1. The number of carbonyl (C=O) groups is 2. The number of nitrogens with one attached hydrogen (secondary N) is 2. The van der Waals surface area contributed by atoms with Gasteiger partial charge in [-0.15, -0.1) is 11.3 Å². The predicted molar refractivity (Wildman–Crippen MR) is 87.7 cm³/mol. The molecular formula is C15H19N5O2S. The van der Waals surface area contributed by atoms with Crippen LogP contribution in [0.5, 0.6) is 0 Å². The summed E-state index contributed by atoms with van der Waals surface area (Å²) in [6.07, 6.45) is 6.97. The fourth-order valence-electron chi connectivity index (χ4n) is 2.77. The van der Waals surface area contributed by atoms with Crippen LogP contribution in [0, 0.1) is 0 Å². The van der Waals surface area contributed by atoms with Gasteiger partial charge >= 0.3 is 0 Å². The summed E-state index contributed by atoms with van der Waals surface area (Å²) in [6.45, 7) is 1.75. The summed E-state index contributed by atoms with van der Waals surface area (Å²) in [5.41, 5.74) is 1.70. The lowest BCUT2D eigenvalue weighted by Gasteiger charge is -2.13. The highest BCUT2D eigenvalue weighted by Crippen LogP contribution is 2.38. The molecule has 0 aromatic carbocycles. The van der Waals surface area contributed by atoms with Gasteiger partial charge in [-0.05, 0) is 38.2 Å². The molecule has 0 saturated carbocycles. The zero-order valence-corrected chi connectivity index (χ0v) is 13.9. The number of amides is 2. The van der Waals surface area contributed by atoms with Crippen molar-refractivity contribution in [2.45, 2.75) is 38.6 Å². The van der Waals surface area contributed by atoms with Gasteiger partial charge < -0.3 is 10.6 Å². The van der Waals surface area contributed by atoms with Gasteiger partial charge in [-0.3, -0.25) is 9.59 Å². The van der Waals surface area contributed by atoms with Crippen LogP contribution in [0.25, 0.3) is 0 Å². The summed E-state index contributed by atoms with van der Waals surface area (Å²) in [4.78, 5) is 29.8. The lowest BCUT2D eigenvalue weighted by Crippen LogP contribution is -2.26. The maximum atomic E-state index is 12.5. The van der Waals surface area contributed by atoms with E-state index in [2.05, 4.69) is 20.7 Å². The molecule has 2 aromatic rings. The average molecular weight is 333 g/mol. The second kappa shape index (κ2) is 6.49. The predicted octanol–water partition coefficient (Wildman–Crippen LogP) is 1.78. The van der Waals surface area contributed by atoms with E-state index >= 15 is 0 Å². The number of anilines is 1. The first kappa shape index (κ1) is 15.7. The molecule has 7 nitrogen and oxygen atoms in total. The molecule has 2 amide bonds. The van der Waals surface area contributed by atoms with E-state index in [1.165, 1.54) is 33.6 Å². The molecule has 122 valence electrons. The molecule has 0 spiro atoms. The number of fused-ring (bicyclic) bond motifs is 1. The number of aryl methyl sites for hydroxylation is 1. The van der Waals surface area contributed by atoms with Crippen molar-refractivity contribution in [1.29, 1.82) is 0 Å². The van der Waals surface area contributed by atoms with Gasteiger partial charge in [-0.25, -0.2) is 9.67 Å². The molecule has 0 radical (unpaired) electrons. The van der Waals surface area contributed by atoms with Crippen molar-refractivity contribution in [3.63, 3.8) is 0 Å². The Morgan fingerprint density at radius 2 is 2.13 bits per heavy atom. The van der Waals surface area contributed by atoms with Gasteiger partial charge in [0, 0.05) is 11.9 Å². The summed E-state index contributed by atoms with van der Waals surface area (Å²) in [5.74, 6) is -0.354. The van der Waals surface area contributed by atoms with E-state index in [1.807, 2.05) is 0 Å². The minimum atomic E-state index is -0.492. The van der Waals surface area contributed by atoms with Crippen LogP contribution in [-0.4, -0.2) is 33.6 Å². The molecule has 1 aliphatic carbocycles. The Morgan fingerprint density at radius 1 is 1.35 bits per heavy atom. The van der Waals surface area contributed by atoms with Crippen molar-refractivity contribution in [3.05, 3.63) is 28.7 Å².